The first-order chi connectivity index (χ1) is 17.4. The minimum Gasteiger partial charge on any atom is -0.393 e. The molecule has 3 N–H and O–H groups in total. The van der Waals surface area contributed by atoms with Gasteiger partial charge in [0, 0.05) is 49.2 Å². The zero-order chi connectivity index (χ0) is 24.9. The van der Waals surface area contributed by atoms with Crippen LogP contribution in [0.15, 0.2) is 29.2 Å². The maximum Gasteiger partial charge on any atom is 0.260 e. The molecule has 8 heteroatoms. The van der Waals surface area contributed by atoms with Crippen molar-refractivity contribution in [3.63, 3.8) is 0 Å². The maximum atomic E-state index is 14.0. The molecule has 2 aliphatic carbocycles. The Bertz CT molecular complexity index is 1310. The fourth-order valence-electron chi connectivity index (χ4n) is 5.82. The van der Waals surface area contributed by atoms with Crippen LogP contribution in [-0.2, 0) is 6.54 Å². The number of aromatic nitrogens is 3. The van der Waals surface area contributed by atoms with Gasteiger partial charge in [0.2, 0.25) is 5.95 Å². The molecule has 0 bridgehead atoms. The number of piperidine rings is 1. The number of nitrogens with zero attached hydrogens (tertiary/aromatic N) is 4. The molecular formula is C28H37N5O3. The topological polar surface area (TPSA) is 104 Å². The van der Waals surface area contributed by atoms with Crippen LogP contribution in [-0.4, -0.2) is 61.0 Å². The van der Waals surface area contributed by atoms with Gasteiger partial charge in [-0.15, -0.1) is 0 Å². The van der Waals surface area contributed by atoms with E-state index in [1.807, 2.05) is 29.8 Å². The summed E-state index contributed by atoms with van der Waals surface area (Å²) in [5.74, 6) is 1.28. The van der Waals surface area contributed by atoms with Crippen molar-refractivity contribution in [1.29, 1.82) is 0 Å². The molecule has 2 aromatic heterocycles. The minimum atomic E-state index is -0.577. The van der Waals surface area contributed by atoms with Crippen LogP contribution < -0.4 is 10.9 Å². The maximum absolute atomic E-state index is 14.0. The summed E-state index contributed by atoms with van der Waals surface area (Å²) in [6.07, 6.45) is 8.54. The van der Waals surface area contributed by atoms with E-state index in [0.717, 1.165) is 68.2 Å². The van der Waals surface area contributed by atoms with E-state index in [9.17, 15) is 15.0 Å². The second kappa shape index (κ2) is 9.39. The summed E-state index contributed by atoms with van der Waals surface area (Å²) < 4.78 is 1.88. The van der Waals surface area contributed by atoms with Crippen molar-refractivity contribution < 1.29 is 10.2 Å². The monoisotopic (exact) mass is 491 g/mol. The molecule has 0 radical (unpaired) electrons. The molecule has 3 aromatic rings. The molecular weight excluding hydrogens is 454 g/mol. The van der Waals surface area contributed by atoms with Crippen molar-refractivity contribution in [2.75, 3.05) is 25.0 Å². The van der Waals surface area contributed by atoms with Gasteiger partial charge in [-0.05, 0) is 81.2 Å². The lowest BCUT2D eigenvalue weighted by atomic mass is 9.92. The standard InChI is InChI=1S/C28H37N5O3/c1-28(36)10-12-32(13-11-28)17-19-4-9-22-23(14-19)26(35)33(20-5-7-21(34)8-6-20)25-24(22)16-30-27(31-25)29-15-18-2-3-18/h4,9,14,16,18,20-21,34,36H,2-3,5-8,10-13,15,17H2,1H3,(H,29,30,31)/t20-,21-. The van der Waals surface area contributed by atoms with Crippen LogP contribution in [0, 0.1) is 5.92 Å². The molecule has 0 unspecified atom stereocenters. The van der Waals surface area contributed by atoms with E-state index >= 15 is 0 Å². The summed E-state index contributed by atoms with van der Waals surface area (Å²) in [6.45, 7) is 5.24. The summed E-state index contributed by atoms with van der Waals surface area (Å²) >= 11 is 0. The highest BCUT2D eigenvalue weighted by Gasteiger charge is 2.28. The van der Waals surface area contributed by atoms with Crippen molar-refractivity contribution in [3.05, 3.63) is 40.3 Å². The molecule has 1 aliphatic heterocycles. The molecule has 0 spiro atoms. The van der Waals surface area contributed by atoms with Crippen LogP contribution in [0.25, 0.3) is 21.8 Å². The van der Waals surface area contributed by atoms with Gasteiger partial charge in [0.1, 0.15) is 5.65 Å². The van der Waals surface area contributed by atoms with Crippen LogP contribution >= 0.6 is 0 Å². The van der Waals surface area contributed by atoms with E-state index in [1.165, 1.54) is 12.8 Å². The molecule has 3 heterocycles. The Kier molecular flexibility index (Phi) is 6.22. The second-order valence-electron chi connectivity index (χ2n) is 11.5. The lowest BCUT2D eigenvalue weighted by Gasteiger charge is -2.35. The first-order valence-electron chi connectivity index (χ1n) is 13.6. The molecule has 2 saturated carbocycles. The average Bonchev–Trinajstić information content (AvgIpc) is 3.70. The predicted molar refractivity (Wildman–Crippen MR) is 141 cm³/mol. The molecule has 192 valence electrons. The number of pyridine rings is 1. The summed E-state index contributed by atoms with van der Waals surface area (Å²) in [6, 6.07) is 6.21. The summed E-state index contributed by atoms with van der Waals surface area (Å²) in [7, 11) is 0. The highest BCUT2D eigenvalue weighted by atomic mass is 16.3. The fraction of sp³-hybridized carbons (Fsp3) is 0.607. The number of rotatable bonds is 6. The van der Waals surface area contributed by atoms with E-state index in [2.05, 4.69) is 21.3 Å². The third kappa shape index (κ3) is 4.86. The molecule has 3 aliphatic rings. The first-order valence-corrected chi connectivity index (χ1v) is 13.6. The van der Waals surface area contributed by atoms with Gasteiger partial charge in [0.15, 0.2) is 0 Å². The molecule has 1 aromatic carbocycles. The second-order valence-corrected chi connectivity index (χ2v) is 11.5. The van der Waals surface area contributed by atoms with Crippen LogP contribution in [0.2, 0.25) is 0 Å². The van der Waals surface area contributed by atoms with Gasteiger partial charge in [0.05, 0.1) is 11.7 Å². The molecule has 3 fully saturated rings. The fourth-order valence-corrected chi connectivity index (χ4v) is 5.82. The van der Waals surface area contributed by atoms with Crippen molar-refractivity contribution in [3.8, 4) is 0 Å². The van der Waals surface area contributed by atoms with E-state index in [0.29, 0.717) is 35.7 Å². The van der Waals surface area contributed by atoms with Crippen LogP contribution in [0.5, 0.6) is 0 Å². The van der Waals surface area contributed by atoms with Gasteiger partial charge < -0.3 is 15.5 Å². The first kappa shape index (κ1) is 23.8. The summed E-state index contributed by atoms with van der Waals surface area (Å²) in [5.41, 5.74) is 1.21. The highest BCUT2D eigenvalue weighted by Crippen LogP contribution is 2.33. The normalized spacial score (nSPS) is 24.9. The van der Waals surface area contributed by atoms with Crippen molar-refractivity contribution in [2.24, 2.45) is 5.92 Å². The number of hydrogen-bond donors (Lipinski definition) is 3. The Balaban J connectivity index is 1.40. The van der Waals surface area contributed by atoms with E-state index < -0.39 is 5.60 Å². The third-order valence-corrected chi connectivity index (χ3v) is 8.44. The Morgan fingerprint density at radius 2 is 1.81 bits per heavy atom. The van der Waals surface area contributed by atoms with Crippen LogP contribution in [0.1, 0.15) is 69.9 Å². The van der Waals surface area contributed by atoms with Crippen molar-refractivity contribution in [1.82, 2.24) is 19.4 Å². The number of aliphatic hydroxyl groups is 2. The van der Waals surface area contributed by atoms with Gasteiger partial charge in [-0.3, -0.25) is 14.3 Å². The van der Waals surface area contributed by atoms with Gasteiger partial charge in [-0.25, -0.2) is 4.98 Å². The number of aliphatic hydroxyl groups excluding tert-OH is 1. The molecule has 36 heavy (non-hydrogen) atoms. The highest BCUT2D eigenvalue weighted by molar-refractivity contribution is 6.04. The lowest BCUT2D eigenvalue weighted by molar-refractivity contribution is -0.00729. The lowest BCUT2D eigenvalue weighted by Crippen LogP contribution is -2.41. The number of fused-ring (bicyclic) bond motifs is 3. The van der Waals surface area contributed by atoms with E-state index in [1.54, 1.807) is 0 Å². The summed E-state index contributed by atoms with van der Waals surface area (Å²) in [5, 5.41) is 26.2. The number of hydrogen-bond acceptors (Lipinski definition) is 7. The molecule has 0 amide bonds. The Labute approximate surface area is 211 Å². The molecule has 8 nitrogen and oxygen atoms in total. The minimum absolute atomic E-state index is 0.00541. The Hall–Kier alpha value is -2.55. The van der Waals surface area contributed by atoms with Crippen LogP contribution in [0.3, 0.4) is 0 Å². The number of likely N-dealkylation sites (tertiary alicyclic amines) is 1. The summed E-state index contributed by atoms with van der Waals surface area (Å²) in [4.78, 5) is 25.8. The zero-order valence-corrected chi connectivity index (χ0v) is 21.1. The molecule has 0 atom stereocenters. The van der Waals surface area contributed by atoms with Gasteiger partial charge in [-0.2, -0.15) is 4.98 Å². The number of nitrogens with one attached hydrogen (secondary N) is 1. The molecule has 6 rings (SSSR count). The average molecular weight is 492 g/mol. The quantitative estimate of drug-likeness (QED) is 0.453. The Morgan fingerprint density at radius 3 is 2.53 bits per heavy atom. The van der Waals surface area contributed by atoms with Crippen molar-refractivity contribution >= 4 is 27.8 Å². The third-order valence-electron chi connectivity index (χ3n) is 8.44. The largest absolute Gasteiger partial charge is 0.393 e. The van der Waals surface area contributed by atoms with Crippen LogP contribution in [0.4, 0.5) is 5.95 Å². The van der Waals surface area contributed by atoms with Crippen molar-refractivity contribution in [2.45, 2.75) is 82.6 Å². The van der Waals surface area contributed by atoms with Gasteiger partial charge >= 0.3 is 0 Å². The van der Waals surface area contributed by atoms with Gasteiger partial charge in [-0.1, -0.05) is 12.1 Å². The van der Waals surface area contributed by atoms with Gasteiger partial charge in [0.25, 0.3) is 5.56 Å². The predicted octanol–water partition coefficient (Wildman–Crippen LogP) is 3.59. The number of anilines is 1. The smallest absolute Gasteiger partial charge is 0.260 e. The van der Waals surface area contributed by atoms with E-state index in [-0.39, 0.29) is 17.7 Å². The molecule has 1 saturated heterocycles. The zero-order valence-electron chi connectivity index (χ0n) is 21.1. The number of benzene rings is 1. The van der Waals surface area contributed by atoms with E-state index in [4.69, 9.17) is 4.98 Å². The Morgan fingerprint density at radius 1 is 1.06 bits per heavy atom. The SMILES string of the molecule is CC1(O)CCN(Cc2ccc3c(c2)c(=O)n([C@H]2CC[C@H](O)CC2)c2nc(NCC4CC4)ncc32)CC1.